The molecule has 0 spiro atoms. The van der Waals surface area contributed by atoms with Gasteiger partial charge in [-0.25, -0.2) is 0 Å². The van der Waals surface area contributed by atoms with Gasteiger partial charge in [-0.2, -0.15) is 0 Å². The molecule has 0 saturated carbocycles. The summed E-state index contributed by atoms with van der Waals surface area (Å²) in [6, 6.07) is 0. The normalized spacial score (nSPS) is 4.00. The Hall–Kier alpha value is 1.38. The first kappa shape index (κ1) is 47.6. The van der Waals surface area contributed by atoms with Gasteiger partial charge in [-0.1, -0.05) is 28.2 Å². The molecule has 0 amide bonds. The fourth-order valence-corrected chi connectivity index (χ4v) is 0. The molecule has 0 atom stereocenters. The van der Waals surface area contributed by atoms with Crippen LogP contribution in [0.1, 0.15) is 28.2 Å². The van der Waals surface area contributed by atoms with E-state index in [4.69, 9.17) is 0 Å². The molecular formula is C7H20Pt2-2. The summed E-state index contributed by atoms with van der Waals surface area (Å²) in [5, 5.41) is 0. The van der Waals surface area contributed by atoms with Crippen molar-refractivity contribution in [2.24, 2.45) is 5.92 Å². The second-order valence-electron chi connectivity index (χ2n) is 1.73. The van der Waals surface area contributed by atoms with Crippen LogP contribution in [0.25, 0.3) is 0 Å². The van der Waals surface area contributed by atoms with E-state index in [1.54, 1.807) is 0 Å². The van der Waals surface area contributed by atoms with Crippen LogP contribution in [0.5, 0.6) is 0 Å². The summed E-state index contributed by atoms with van der Waals surface area (Å²) in [5.74, 6) is 0.833. The third-order valence-corrected chi connectivity index (χ3v) is 0. The number of rotatable bonds is 0. The van der Waals surface area contributed by atoms with Crippen LogP contribution in [0.15, 0.2) is 0 Å². The van der Waals surface area contributed by atoms with Gasteiger partial charge in [0.2, 0.25) is 0 Å². The monoisotopic (exact) mass is 494 g/mol. The van der Waals surface area contributed by atoms with Gasteiger partial charge in [0.1, 0.15) is 0 Å². The molecule has 0 unspecified atom stereocenters. The Morgan fingerprint density at radius 1 is 0.778 bits per heavy atom. The maximum Gasteiger partial charge on any atom is 0 e. The Labute approximate surface area is 90.7 Å². The van der Waals surface area contributed by atoms with Crippen molar-refractivity contribution >= 4 is 0 Å². The molecule has 9 heavy (non-hydrogen) atoms. The molecule has 0 aliphatic heterocycles. The number of hydrogen-bond acceptors (Lipinski definition) is 0. The first-order chi connectivity index (χ1) is 1.73. The third kappa shape index (κ3) is 269. The average Bonchev–Trinajstić information content (AvgIpc) is 0.811. The van der Waals surface area contributed by atoms with E-state index in [9.17, 15) is 0 Å². The van der Waals surface area contributed by atoms with Gasteiger partial charge in [0.25, 0.3) is 0 Å². The van der Waals surface area contributed by atoms with Crippen molar-refractivity contribution in [2.45, 2.75) is 28.2 Å². The van der Waals surface area contributed by atoms with Gasteiger partial charge in [0.15, 0.2) is 0 Å². The largest absolute Gasteiger partial charge is 0.358 e. The van der Waals surface area contributed by atoms with Gasteiger partial charge in [-0.3, -0.25) is 0 Å². The molecule has 0 aliphatic carbocycles. The molecule has 0 saturated heterocycles. The fourth-order valence-electron chi connectivity index (χ4n) is 0. The summed E-state index contributed by atoms with van der Waals surface area (Å²) >= 11 is 0. The van der Waals surface area contributed by atoms with Gasteiger partial charge in [0.05, 0.1) is 0 Å². The Morgan fingerprint density at radius 2 is 0.778 bits per heavy atom. The van der Waals surface area contributed by atoms with E-state index in [-0.39, 0.29) is 64.4 Å². The molecule has 0 nitrogen and oxygen atoms in total. The van der Waals surface area contributed by atoms with Crippen molar-refractivity contribution < 1.29 is 42.1 Å². The molecule has 0 fully saturated rings. The van der Waals surface area contributed by atoms with E-state index < -0.39 is 0 Å². The van der Waals surface area contributed by atoms with Gasteiger partial charge in [-0.15, -0.1) is 0 Å². The molecule has 0 aromatic rings. The zero-order valence-corrected chi connectivity index (χ0v) is 10.8. The van der Waals surface area contributed by atoms with Crippen LogP contribution in [0.2, 0.25) is 0 Å². The third-order valence-electron chi connectivity index (χ3n) is 0. The molecule has 0 bridgehead atoms. The Kier molecular flexibility index (Phi) is 182. The molecule has 70 valence electrons. The standard InChI is InChI=1S/C4H10.CH4.2CH3.2Pt/c1-4(2)3;;;;;/h4H,1-3H3;1H4;2*1H3;;/q;;2*-1;;. The van der Waals surface area contributed by atoms with Crippen LogP contribution in [-0.2, 0) is 42.1 Å². The second kappa shape index (κ2) is 34.3. The maximum atomic E-state index is 2.17. The molecule has 0 radical (unpaired) electrons. The summed E-state index contributed by atoms with van der Waals surface area (Å²) in [6.45, 7) is 6.50. The summed E-state index contributed by atoms with van der Waals surface area (Å²) in [6.07, 6.45) is 0. The maximum absolute atomic E-state index is 2.17. The smallest absolute Gasteiger partial charge is 0 e. The fraction of sp³-hybridized carbons (Fsp3) is 0.714. The predicted octanol–water partition coefficient (Wildman–Crippen LogP) is 3.19. The minimum absolute atomic E-state index is 0. The summed E-state index contributed by atoms with van der Waals surface area (Å²) in [7, 11) is 0. The van der Waals surface area contributed by atoms with Crippen molar-refractivity contribution in [1.29, 1.82) is 0 Å². The average molecular weight is 494 g/mol. The van der Waals surface area contributed by atoms with Crippen molar-refractivity contribution in [1.82, 2.24) is 0 Å². The van der Waals surface area contributed by atoms with Crippen LogP contribution < -0.4 is 0 Å². The Balaban J connectivity index is -0.00000000450. The van der Waals surface area contributed by atoms with Gasteiger partial charge in [0, 0.05) is 42.1 Å². The first-order valence-corrected chi connectivity index (χ1v) is 1.73. The molecular weight excluding hydrogens is 474 g/mol. The Morgan fingerprint density at radius 3 is 0.778 bits per heavy atom. The van der Waals surface area contributed by atoms with Crippen molar-refractivity contribution in [3.63, 3.8) is 0 Å². The minimum Gasteiger partial charge on any atom is -0.358 e. The van der Waals surface area contributed by atoms with E-state index in [1.165, 1.54) is 0 Å². The van der Waals surface area contributed by atoms with Crippen LogP contribution >= 0.6 is 0 Å². The summed E-state index contributed by atoms with van der Waals surface area (Å²) in [4.78, 5) is 0. The molecule has 0 aliphatic rings. The van der Waals surface area contributed by atoms with Gasteiger partial charge < -0.3 is 14.9 Å². The van der Waals surface area contributed by atoms with Crippen molar-refractivity contribution in [3.8, 4) is 0 Å². The van der Waals surface area contributed by atoms with E-state index in [2.05, 4.69) is 20.8 Å². The van der Waals surface area contributed by atoms with Crippen molar-refractivity contribution in [2.75, 3.05) is 0 Å². The first-order valence-electron chi connectivity index (χ1n) is 1.73. The van der Waals surface area contributed by atoms with Gasteiger partial charge in [-0.05, 0) is 5.92 Å². The van der Waals surface area contributed by atoms with Crippen LogP contribution in [0.3, 0.4) is 0 Å². The zero-order valence-electron chi connectivity index (χ0n) is 6.21. The molecule has 0 rings (SSSR count). The van der Waals surface area contributed by atoms with E-state index in [0.717, 1.165) is 5.92 Å². The summed E-state index contributed by atoms with van der Waals surface area (Å²) in [5.41, 5.74) is 0. The van der Waals surface area contributed by atoms with Crippen LogP contribution in [-0.4, -0.2) is 0 Å². The topological polar surface area (TPSA) is 0 Å². The quantitative estimate of drug-likeness (QED) is 0.454. The van der Waals surface area contributed by atoms with Crippen molar-refractivity contribution in [3.05, 3.63) is 14.9 Å². The number of hydrogen-bond donors (Lipinski definition) is 0. The molecule has 0 N–H and O–H groups in total. The van der Waals surface area contributed by atoms with E-state index >= 15 is 0 Å². The predicted molar refractivity (Wildman–Crippen MR) is 40.1 cm³/mol. The van der Waals surface area contributed by atoms with Crippen LogP contribution in [0.4, 0.5) is 0 Å². The molecule has 0 heterocycles. The van der Waals surface area contributed by atoms with E-state index in [1.807, 2.05) is 0 Å². The Bertz CT molecular complexity index is 11.6. The zero-order chi connectivity index (χ0) is 3.58. The minimum atomic E-state index is 0. The summed E-state index contributed by atoms with van der Waals surface area (Å²) < 4.78 is 0. The van der Waals surface area contributed by atoms with E-state index in [0.29, 0.717) is 0 Å². The molecule has 2 heteroatoms. The molecule has 0 aromatic heterocycles. The van der Waals surface area contributed by atoms with Gasteiger partial charge >= 0.3 is 0 Å². The SMILES string of the molecule is C.CC(C)C.[CH3-].[CH3-].[Pt].[Pt]. The molecule has 0 aromatic carbocycles. The second-order valence-corrected chi connectivity index (χ2v) is 1.73. The van der Waals surface area contributed by atoms with Crippen LogP contribution in [0, 0.1) is 20.8 Å².